The third-order valence-electron chi connectivity index (χ3n) is 3.70. The lowest BCUT2D eigenvalue weighted by molar-refractivity contribution is 0.391. The highest BCUT2D eigenvalue weighted by atomic mass is 127. The summed E-state index contributed by atoms with van der Waals surface area (Å²) >= 11 is 0. The molecule has 0 fully saturated rings. The van der Waals surface area contributed by atoms with Gasteiger partial charge in [-0.2, -0.15) is 0 Å². The zero-order valence-electron chi connectivity index (χ0n) is 14.5. The minimum atomic E-state index is 0. The average Bonchev–Trinajstić information content (AvgIpc) is 2.81. The number of aliphatic imine (C=N–C) groups is 1. The van der Waals surface area contributed by atoms with Crippen molar-refractivity contribution in [3.05, 3.63) is 17.0 Å². The van der Waals surface area contributed by atoms with Gasteiger partial charge in [0.25, 0.3) is 0 Å². The minimum absolute atomic E-state index is 0. The lowest BCUT2D eigenvalue weighted by atomic mass is 10.00. The summed E-state index contributed by atoms with van der Waals surface area (Å²) in [5, 5.41) is 10.7. The third kappa shape index (κ3) is 6.98. The SMILES string of the molecule is CCCCCCNC(=NC)NCC(C)c1c(C)noc1C.I. The molecule has 2 N–H and O–H groups in total. The van der Waals surface area contributed by atoms with Gasteiger partial charge in [-0.15, -0.1) is 24.0 Å². The number of rotatable bonds is 8. The second-order valence-electron chi connectivity index (χ2n) is 5.58. The van der Waals surface area contributed by atoms with Gasteiger partial charge in [0.15, 0.2) is 5.96 Å². The van der Waals surface area contributed by atoms with E-state index >= 15 is 0 Å². The van der Waals surface area contributed by atoms with Crippen LogP contribution in [-0.4, -0.2) is 31.3 Å². The molecule has 1 aromatic heterocycles. The Morgan fingerprint density at radius 3 is 2.50 bits per heavy atom. The zero-order chi connectivity index (χ0) is 15.7. The Kier molecular flexibility index (Phi) is 11.3. The molecular weight excluding hydrogens is 391 g/mol. The lowest BCUT2D eigenvalue weighted by Crippen LogP contribution is -2.39. The normalized spacial score (nSPS) is 12.7. The van der Waals surface area contributed by atoms with Gasteiger partial charge in [0, 0.05) is 31.6 Å². The number of hydrogen-bond donors (Lipinski definition) is 2. The van der Waals surface area contributed by atoms with Crippen LogP contribution in [0.2, 0.25) is 0 Å². The van der Waals surface area contributed by atoms with E-state index in [1.165, 1.54) is 31.2 Å². The Labute approximate surface area is 151 Å². The Balaban J connectivity index is 0.00000441. The van der Waals surface area contributed by atoms with E-state index in [1.807, 2.05) is 20.9 Å². The van der Waals surface area contributed by atoms with E-state index in [-0.39, 0.29) is 24.0 Å². The van der Waals surface area contributed by atoms with E-state index in [1.54, 1.807) is 0 Å². The van der Waals surface area contributed by atoms with Crippen LogP contribution in [0, 0.1) is 13.8 Å². The maximum atomic E-state index is 5.23. The van der Waals surface area contributed by atoms with Gasteiger partial charge in [-0.3, -0.25) is 4.99 Å². The van der Waals surface area contributed by atoms with Crippen molar-refractivity contribution in [1.29, 1.82) is 0 Å². The molecule has 1 heterocycles. The molecule has 0 aliphatic rings. The maximum absolute atomic E-state index is 5.23. The number of hydrogen-bond acceptors (Lipinski definition) is 3. The first kappa shape index (κ1) is 21.2. The van der Waals surface area contributed by atoms with Crippen molar-refractivity contribution in [2.24, 2.45) is 4.99 Å². The smallest absolute Gasteiger partial charge is 0.190 e. The first-order chi connectivity index (χ1) is 10.1. The van der Waals surface area contributed by atoms with Crippen molar-refractivity contribution in [2.75, 3.05) is 20.1 Å². The summed E-state index contributed by atoms with van der Waals surface area (Å²) in [7, 11) is 1.81. The number of guanidine groups is 1. The monoisotopic (exact) mass is 422 g/mol. The molecule has 22 heavy (non-hydrogen) atoms. The highest BCUT2D eigenvalue weighted by Crippen LogP contribution is 2.22. The molecule has 1 atom stereocenters. The molecule has 0 saturated carbocycles. The molecule has 1 aromatic rings. The van der Waals surface area contributed by atoms with Crippen molar-refractivity contribution in [1.82, 2.24) is 15.8 Å². The molecule has 0 bridgehead atoms. The van der Waals surface area contributed by atoms with Crippen LogP contribution >= 0.6 is 24.0 Å². The number of nitrogens with one attached hydrogen (secondary N) is 2. The zero-order valence-corrected chi connectivity index (χ0v) is 16.9. The van der Waals surface area contributed by atoms with Crippen LogP contribution in [0.3, 0.4) is 0 Å². The van der Waals surface area contributed by atoms with Gasteiger partial charge in [0.05, 0.1) is 5.69 Å². The van der Waals surface area contributed by atoms with Gasteiger partial charge in [0.1, 0.15) is 5.76 Å². The van der Waals surface area contributed by atoms with Crippen LogP contribution in [0.15, 0.2) is 9.52 Å². The van der Waals surface area contributed by atoms with Gasteiger partial charge in [-0.1, -0.05) is 38.3 Å². The standard InChI is InChI=1S/C16H30N4O.HI/c1-6-7-8-9-10-18-16(17-5)19-11-12(2)15-13(3)20-21-14(15)4;/h12H,6-11H2,1-5H3,(H2,17,18,19);1H. The first-order valence-corrected chi connectivity index (χ1v) is 7.97. The molecular formula is C16H31IN4O. The van der Waals surface area contributed by atoms with E-state index < -0.39 is 0 Å². The van der Waals surface area contributed by atoms with E-state index in [9.17, 15) is 0 Å². The fourth-order valence-corrected chi connectivity index (χ4v) is 2.52. The van der Waals surface area contributed by atoms with E-state index in [0.29, 0.717) is 5.92 Å². The van der Waals surface area contributed by atoms with E-state index in [2.05, 4.69) is 34.6 Å². The molecule has 1 unspecified atom stereocenters. The molecule has 0 aliphatic heterocycles. The fourth-order valence-electron chi connectivity index (χ4n) is 2.52. The molecule has 0 amide bonds. The van der Waals surface area contributed by atoms with Gasteiger partial charge in [-0.25, -0.2) is 0 Å². The number of unbranched alkanes of at least 4 members (excludes halogenated alkanes) is 3. The Hall–Kier alpha value is -0.790. The van der Waals surface area contributed by atoms with Crippen LogP contribution in [0.5, 0.6) is 0 Å². The van der Waals surface area contributed by atoms with Crippen LogP contribution < -0.4 is 10.6 Å². The van der Waals surface area contributed by atoms with Crippen molar-refractivity contribution < 1.29 is 4.52 Å². The molecule has 0 spiro atoms. The number of aromatic nitrogens is 1. The van der Waals surface area contributed by atoms with Crippen molar-refractivity contribution in [3.8, 4) is 0 Å². The summed E-state index contributed by atoms with van der Waals surface area (Å²) in [5.74, 6) is 2.12. The topological polar surface area (TPSA) is 62.5 Å². The molecule has 0 saturated heterocycles. The van der Waals surface area contributed by atoms with Gasteiger partial charge >= 0.3 is 0 Å². The summed E-state index contributed by atoms with van der Waals surface area (Å²) in [4.78, 5) is 4.26. The molecule has 128 valence electrons. The highest BCUT2D eigenvalue weighted by Gasteiger charge is 2.16. The summed E-state index contributed by atoms with van der Waals surface area (Å²) in [6.45, 7) is 10.1. The van der Waals surface area contributed by atoms with Crippen molar-refractivity contribution in [2.45, 2.75) is 59.3 Å². The average molecular weight is 422 g/mol. The van der Waals surface area contributed by atoms with Crippen LogP contribution in [0.1, 0.15) is 62.5 Å². The van der Waals surface area contributed by atoms with Crippen LogP contribution in [0.4, 0.5) is 0 Å². The third-order valence-corrected chi connectivity index (χ3v) is 3.70. The van der Waals surface area contributed by atoms with Crippen molar-refractivity contribution in [3.63, 3.8) is 0 Å². The second-order valence-corrected chi connectivity index (χ2v) is 5.58. The van der Waals surface area contributed by atoms with E-state index in [0.717, 1.165) is 30.5 Å². The summed E-state index contributed by atoms with van der Waals surface area (Å²) in [6, 6.07) is 0. The first-order valence-electron chi connectivity index (χ1n) is 7.97. The van der Waals surface area contributed by atoms with Gasteiger partial charge in [-0.05, 0) is 20.3 Å². The summed E-state index contributed by atoms with van der Waals surface area (Å²) in [5.41, 5.74) is 2.17. The predicted molar refractivity (Wildman–Crippen MR) is 103 cm³/mol. The van der Waals surface area contributed by atoms with Gasteiger partial charge < -0.3 is 15.2 Å². The van der Waals surface area contributed by atoms with Crippen LogP contribution in [-0.2, 0) is 0 Å². The van der Waals surface area contributed by atoms with Crippen molar-refractivity contribution >= 4 is 29.9 Å². The summed E-state index contributed by atoms with van der Waals surface area (Å²) in [6.07, 6.45) is 5.03. The van der Waals surface area contributed by atoms with Crippen LogP contribution in [0.25, 0.3) is 0 Å². The Morgan fingerprint density at radius 1 is 1.23 bits per heavy atom. The largest absolute Gasteiger partial charge is 0.361 e. The molecule has 0 aliphatic carbocycles. The molecule has 0 aromatic carbocycles. The summed E-state index contributed by atoms with van der Waals surface area (Å²) < 4.78 is 5.23. The molecule has 5 nitrogen and oxygen atoms in total. The highest BCUT2D eigenvalue weighted by molar-refractivity contribution is 14.0. The van der Waals surface area contributed by atoms with E-state index in [4.69, 9.17) is 4.52 Å². The second kappa shape index (κ2) is 11.7. The minimum Gasteiger partial charge on any atom is -0.361 e. The molecule has 1 rings (SSSR count). The number of nitrogens with zero attached hydrogens (tertiary/aromatic N) is 2. The number of halogens is 1. The Bertz CT molecular complexity index is 426. The lowest BCUT2D eigenvalue weighted by Gasteiger charge is -2.16. The number of aryl methyl sites for hydroxylation is 2. The predicted octanol–water partition coefficient (Wildman–Crippen LogP) is 3.76. The molecule has 0 radical (unpaired) electrons. The fraction of sp³-hybridized carbons (Fsp3) is 0.750. The van der Waals surface area contributed by atoms with Gasteiger partial charge in [0.2, 0.25) is 0 Å². The molecule has 6 heteroatoms. The quantitative estimate of drug-likeness (QED) is 0.290. The Morgan fingerprint density at radius 2 is 1.95 bits per heavy atom. The maximum Gasteiger partial charge on any atom is 0.190 e.